The lowest BCUT2D eigenvalue weighted by Gasteiger charge is -2.19. The Kier molecular flexibility index (Phi) is 4.47. The second kappa shape index (κ2) is 6.30. The van der Waals surface area contributed by atoms with Crippen LogP contribution in [0.4, 0.5) is 0 Å². The van der Waals surface area contributed by atoms with Gasteiger partial charge >= 0.3 is 5.97 Å². The maximum absolute atomic E-state index is 12.1. The molecule has 0 bridgehead atoms. The van der Waals surface area contributed by atoms with Crippen molar-refractivity contribution < 1.29 is 24.2 Å². The van der Waals surface area contributed by atoms with Crippen LogP contribution in [0, 0.1) is 0 Å². The summed E-state index contributed by atoms with van der Waals surface area (Å²) in [5.41, 5.74) is 1.21. The van der Waals surface area contributed by atoms with E-state index in [0.717, 1.165) is 5.56 Å². The molecule has 0 saturated carbocycles. The van der Waals surface area contributed by atoms with Crippen LogP contribution in [0.1, 0.15) is 18.9 Å². The highest BCUT2D eigenvalue weighted by Gasteiger charge is 2.19. The summed E-state index contributed by atoms with van der Waals surface area (Å²) in [6.07, 6.45) is 1.61. The van der Waals surface area contributed by atoms with Crippen LogP contribution in [0.2, 0.25) is 0 Å². The third-order valence-corrected chi connectivity index (χ3v) is 3.08. The van der Waals surface area contributed by atoms with E-state index in [4.69, 9.17) is 14.6 Å². The zero-order valence-electron chi connectivity index (χ0n) is 11.9. The van der Waals surface area contributed by atoms with E-state index in [-0.39, 0.29) is 18.9 Å². The summed E-state index contributed by atoms with van der Waals surface area (Å²) in [5.74, 6) is 0.0874. The van der Waals surface area contributed by atoms with E-state index in [9.17, 15) is 9.59 Å². The molecule has 1 aliphatic heterocycles. The van der Waals surface area contributed by atoms with Crippen molar-refractivity contribution in [1.29, 1.82) is 0 Å². The molecule has 1 heterocycles. The van der Waals surface area contributed by atoms with Gasteiger partial charge in [-0.15, -0.1) is 0 Å². The number of carboxylic acids is 1. The molecule has 1 aromatic carbocycles. The monoisotopic (exact) mass is 291 g/mol. The highest BCUT2D eigenvalue weighted by molar-refractivity contribution is 5.99. The van der Waals surface area contributed by atoms with Crippen LogP contribution in [-0.2, 0) is 9.59 Å². The van der Waals surface area contributed by atoms with Gasteiger partial charge in [0, 0.05) is 11.6 Å². The number of ether oxygens (including phenoxy) is 2. The quantitative estimate of drug-likeness (QED) is 0.857. The van der Waals surface area contributed by atoms with Crippen molar-refractivity contribution in [2.45, 2.75) is 19.4 Å². The van der Waals surface area contributed by atoms with Crippen LogP contribution < -0.4 is 14.8 Å². The van der Waals surface area contributed by atoms with Crippen LogP contribution in [0.15, 0.2) is 23.8 Å². The predicted octanol–water partition coefficient (Wildman–Crippen LogP) is 1.45. The molecule has 2 N–H and O–H groups in total. The van der Waals surface area contributed by atoms with Crippen LogP contribution in [0.5, 0.6) is 11.5 Å². The third-order valence-electron chi connectivity index (χ3n) is 3.08. The number of nitrogens with one attached hydrogen (secondary N) is 1. The highest BCUT2D eigenvalue weighted by atomic mass is 16.5. The third kappa shape index (κ3) is 3.75. The Morgan fingerprint density at radius 3 is 2.90 bits per heavy atom. The summed E-state index contributed by atoms with van der Waals surface area (Å²) in [6, 6.07) is 4.91. The summed E-state index contributed by atoms with van der Waals surface area (Å²) in [4.78, 5) is 22.7. The van der Waals surface area contributed by atoms with Gasteiger partial charge in [-0.05, 0) is 31.2 Å². The van der Waals surface area contributed by atoms with E-state index < -0.39 is 12.0 Å². The van der Waals surface area contributed by atoms with Crippen LogP contribution in [0.25, 0.3) is 6.08 Å². The summed E-state index contributed by atoms with van der Waals surface area (Å²) in [6.45, 7) is 1.80. The van der Waals surface area contributed by atoms with Crippen molar-refractivity contribution in [2.24, 2.45) is 0 Å². The molecule has 0 radical (unpaired) electrons. The molecule has 0 fully saturated rings. The minimum atomic E-state index is -0.952. The van der Waals surface area contributed by atoms with Crippen LogP contribution in [-0.4, -0.2) is 36.7 Å². The standard InChI is InChI=1S/C15H17NO5/c1-9(5-14(17)18)16-15(19)11-6-10-7-12(20-2)3-4-13(10)21-8-11/h3-4,6-7,9H,5,8H2,1-2H3,(H,16,19)(H,17,18). The zero-order valence-corrected chi connectivity index (χ0v) is 11.9. The van der Waals surface area contributed by atoms with E-state index in [1.807, 2.05) is 0 Å². The SMILES string of the molecule is COc1ccc2c(c1)C=C(C(=O)NC(C)CC(=O)O)CO2. The van der Waals surface area contributed by atoms with Gasteiger partial charge in [0.05, 0.1) is 19.1 Å². The van der Waals surface area contributed by atoms with Gasteiger partial charge in [0.2, 0.25) is 0 Å². The molecule has 21 heavy (non-hydrogen) atoms. The molecule has 1 aliphatic rings. The Balaban J connectivity index is 2.11. The van der Waals surface area contributed by atoms with Crippen LogP contribution in [0.3, 0.4) is 0 Å². The minimum Gasteiger partial charge on any atom is -0.497 e. The Morgan fingerprint density at radius 1 is 1.48 bits per heavy atom. The largest absolute Gasteiger partial charge is 0.497 e. The van der Waals surface area contributed by atoms with Crippen molar-refractivity contribution in [3.8, 4) is 11.5 Å². The fourth-order valence-corrected chi connectivity index (χ4v) is 2.04. The van der Waals surface area contributed by atoms with E-state index in [1.54, 1.807) is 38.3 Å². The van der Waals surface area contributed by atoms with E-state index >= 15 is 0 Å². The normalized spacial score (nSPS) is 14.3. The molecule has 6 heteroatoms. The first-order chi connectivity index (χ1) is 9.99. The average Bonchev–Trinajstić information content (AvgIpc) is 2.45. The Hall–Kier alpha value is -2.50. The summed E-state index contributed by atoms with van der Waals surface area (Å²) >= 11 is 0. The minimum absolute atomic E-state index is 0.121. The number of carboxylic acid groups (broad SMARTS) is 1. The number of rotatable bonds is 5. The molecule has 2 rings (SSSR count). The van der Waals surface area contributed by atoms with Gasteiger partial charge in [-0.25, -0.2) is 0 Å². The van der Waals surface area contributed by atoms with Gasteiger partial charge in [0.25, 0.3) is 5.91 Å². The van der Waals surface area contributed by atoms with E-state index in [0.29, 0.717) is 17.1 Å². The molecule has 0 saturated heterocycles. The first-order valence-corrected chi connectivity index (χ1v) is 6.53. The number of carbonyl (C=O) groups excluding carboxylic acids is 1. The molecule has 112 valence electrons. The lowest BCUT2D eigenvalue weighted by Crippen LogP contribution is -2.36. The summed E-state index contributed by atoms with van der Waals surface area (Å²) < 4.78 is 10.7. The number of fused-ring (bicyclic) bond motifs is 1. The molecule has 0 spiro atoms. The molecule has 1 amide bonds. The van der Waals surface area contributed by atoms with Gasteiger partial charge in [-0.1, -0.05) is 0 Å². The number of hydrogen-bond acceptors (Lipinski definition) is 4. The lowest BCUT2D eigenvalue weighted by atomic mass is 10.1. The lowest BCUT2D eigenvalue weighted by molar-refractivity contribution is -0.137. The van der Waals surface area contributed by atoms with Crippen molar-refractivity contribution in [2.75, 3.05) is 13.7 Å². The summed E-state index contributed by atoms with van der Waals surface area (Å²) in [7, 11) is 1.57. The Morgan fingerprint density at radius 2 is 2.24 bits per heavy atom. The number of amides is 1. The molecule has 1 atom stereocenters. The van der Waals surface area contributed by atoms with E-state index in [2.05, 4.69) is 5.32 Å². The Labute approximate surface area is 122 Å². The average molecular weight is 291 g/mol. The first kappa shape index (κ1) is 14.9. The smallest absolute Gasteiger partial charge is 0.305 e. The van der Waals surface area contributed by atoms with Gasteiger partial charge in [-0.3, -0.25) is 9.59 Å². The molecule has 0 aromatic heterocycles. The fourth-order valence-electron chi connectivity index (χ4n) is 2.04. The van der Waals surface area contributed by atoms with Gasteiger partial charge < -0.3 is 19.9 Å². The zero-order chi connectivity index (χ0) is 15.4. The maximum atomic E-state index is 12.1. The van der Waals surface area contributed by atoms with Crippen molar-refractivity contribution in [3.05, 3.63) is 29.3 Å². The number of methoxy groups -OCH3 is 1. The first-order valence-electron chi connectivity index (χ1n) is 6.53. The van der Waals surface area contributed by atoms with E-state index in [1.165, 1.54) is 0 Å². The topological polar surface area (TPSA) is 84.9 Å². The molecule has 0 aliphatic carbocycles. The molecule has 6 nitrogen and oxygen atoms in total. The van der Waals surface area contributed by atoms with Crippen LogP contribution >= 0.6 is 0 Å². The van der Waals surface area contributed by atoms with Gasteiger partial charge in [0.15, 0.2) is 0 Å². The fraction of sp³-hybridized carbons (Fsp3) is 0.333. The van der Waals surface area contributed by atoms with Gasteiger partial charge in [-0.2, -0.15) is 0 Å². The molecule has 1 unspecified atom stereocenters. The second-order valence-electron chi connectivity index (χ2n) is 4.83. The van der Waals surface area contributed by atoms with Gasteiger partial charge in [0.1, 0.15) is 18.1 Å². The number of carbonyl (C=O) groups is 2. The Bertz CT molecular complexity index is 594. The second-order valence-corrected chi connectivity index (χ2v) is 4.83. The number of hydrogen-bond donors (Lipinski definition) is 2. The number of aliphatic carboxylic acids is 1. The highest BCUT2D eigenvalue weighted by Crippen LogP contribution is 2.29. The van der Waals surface area contributed by atoms with Crippen molar-refractivity contribution in [3.63, 3.8) is 0 Å². The van der Waals surface area contributed by atoms with Crippen molar-refractivity contribution >= 4 is 18.0 Å². The van der Waals surface area contributed by atoms with Crippen molar-refractivity contribution in [1.82, 2.24) is 5.32 Å². The molecule has 1 aromatic rings. The maximum Gasteiger partial charge on any atom is 0.305 e. The number of benzene rings is 1. The predicted molar refractivity (Wildman–Crippen MR) is 76.3 cm³/mol. The molecular formula is C15H17NO5. The molecular weight excluding hydrogens is 274 g/mol. The summed E-state index contributed by atoms with van der Waals surface area (Å²) in [5, 5.41) is 11.3.